The summed E-state index contributed by atoms with van der Waals surface area (Å²) in [7, 11) is 1.63. The molecule has 1 heterocycles. The number of halogens is 1. The van der Waals surface area contributed by atoms with Crippen LogP contribution in [0.15, 0.2) is 42.5 Å². The molecule has 0 aliphatic rings. The SMILES string of the molecule is COc1cccc(OCc2nc3ccc(Cl)cc3[nH]2)c1. The number of aromatic amines is 1. The average molecular weight is 289 g/mol. The Labute approximate surface area is 121 Å². The van der Waals surface area contributed by atoms with Crippen molar-refractivity contribution in [1.82, 2.24) is 9.97 Å². The minimum atomic E-state index is 0.361. The molecule has 0 amide bonds. The van der Waals surface area contributed by atoms with Gasteiger partial charge in [-0.15, -0.1) is 0 Å². The summed E-state index contributed by atoms with van der Waals surface area (Å²) in [5, 5.41) is 0.682. The molecule has 0 aliphatic heterocycles. The van der Waals surface area contributed by atoms with Crippen LogP contribution in [0.5, 0.6) is 11.5 Å². The van der Waals surface area contributed by atoms with E-state index in [-0.39, 0.29) is 0 Å². The number of hydrogen-bond donors (Lipinski definition) is 1. The van der Waals surface area contributed by atoms with Crippen molar-refractivity contribution in [2.24, 2.45) is 0 Å². The molecule has 1 aromatic heterocycles. The summed E-state index contributed by atoms with van der Waals surface area (Å²) < 4.78 is 10.8. The lowest BCUT2D eigenvalue weighted by molar-refractivity contribution is 0.295. The van der Waals surface area contributed by atoms with E-state index in [2.05, 4.69) is 9.97 Å². The van der Waals surface area contributed by atoms with E-state index in [1.54, 1.807) is 7.11 Å². The molecule has 3 aromatic rings. The maximum absolute atomic E-state index is 5.94. The molecular formula is C15H13ClN2O2. The van der Waals surface area contributed by atoms with E-state index in [1.807, 2.05) is 42.5 Å². The lowest BCUT2D eigenvalue weighted by atomic mass is 10.3. The van der Waals surface area contributed by atoms with Gasteiger partial charge in [-0.25, -0.2) is 4.98 Å². The van der Waals surface area contributed by atoms with Crippen molar-refractivity contribution in [2.75, 3.05) is 7.11 Å². The number of H-pyrrole nitrogens is 1. The number of nitrogens with zero attached hydrogens (tertiary/aromatic N) is 1. The van der Waals surface area contributed by atoms with Gasteiger partial charge in [0, 0.05) is 11.1 Å². The summed E-state index contributed by atoms with van der Waals surface area (Å²) >= 11 is 5.94. The summed E-state index contributed by atoms with van der Waals surface area (Å²) in [6.45, 7) is 0.361. The number of methoxy groups -OCH3 is 1. The van der Waals surface area contributed by atoms with Crippen molar-refractivity contribution in [3.05, 3.63) is 53.3 Å². The van der Waals surface area contributed by atoms with Gasteiger partial charge in [0.15, 0.2) is 0 Å². The zero-order valence-corrected chi connectivity index (χ0v) is 11.6. The average Bonchev–Trinajstić information content (AvgIpc) is 2.87. The summed E-state index contributed by atoms with van der Waals surface area (Å²) in [5.74, 6) is 2.26. The first-order valence-electron chi connectivity index (χ1n) is 6.15. The minimum Gasteiger partial charge on any atom is -0.497 e. The molecule has 0 unspecified atom stereocenters. The van der Waals surface area contributed by atoms with Crippen LogP contribution >= 0.6 is 11.6 Å². The minimum absolute atomic E-state index is 0.361. The molecule has 5 heteroatoms. The van der Waals surface area contributed by atoms with Crippen LogP contribution in [0.4, 0.5) is 0 Å². The quantitative estimate of drug-likeness (QED) is 0.794. The zero-order chi connectivity index (χ0) is 13.9. The normalized spacial score (nSPS) is 10.7. The number of imidazole rings is 1. The Hall–Kier alpha value is -2.20. The summed E-state index contributed by atoms with van der Waals surface area (Å²) in [6.07, 6.45) is 0. The van der Waals surface area contributed by atoms with Gasteiger partial charge >= 0.3 is 0 Å². The Morgan fingerprint density at radius 3 is 2.85 bits per heavy atom. The zero-order valence-electron chi connectivity index (χ0n) is 10.9. The Morgan fingerprint density at radius 1 is 1.15 bits per heavy atom. The van der Waals surface area contributed by atoms with Crippen LogP contribution in [0.1, 0.15) is 5.82 Å². The molecular weight excluding hydrogens is 276 g/mol. The Morgan fingerprint density at radius 2 is 2.00 bits per heavy atom. The van der Waals surface area contributed by atoms with E-state index in [9.17, 15) is 0 Å². The van der Waals surface area contributed by atoms with Crippen molar-refractivity contribution >= 4 is 22.6 Å². The second-order valence-electron chi connectivity index (χ2n) is 4.31. The van der Waals surface area contributed by atoms with E-state index in [0.717, 1.165) is 28.4 Å². The van der Waals surface area contributed by atoms with Crippen LogP contribution in [0.2, 0.25) is 5.02 Å². The monoisotopic (exact) mass is 288 g/mol. The van der Waals surface area contributed by atoms with E-state index in [4.69, 9.17) is 21.1 Å². The van der Waals surface area contributed by atoms with E-state index in [0.29, 0.717) is 11.6 Å². The lowest BCUT2D eigenvalue weighted by Gasteiger charge is -2.05. The third-order valence-corrected chi connectivity index (χ3v) is 3.14. The highest BCUT2D eigenvalue weighted by Gasteiger charge is 2.04. The van der Waals surface area contributed by atoms with Crippen LogP contribution in [-0.2, 0) is 6.61 Å². The Balaban J connectivity index is 1.76. The van der Waals surface area contributed by atoms with E-state index >= 15 is 0 Å². The molecule has 0 aliphatic carbocycles. The number of ether oxygens (including phenoxy) is 2. The molecule has 2 aromatic carbocycles. The second-order valence-corrected chi connectivity index (χ2v) is 4.75. The van der Waals surface area contributed by atoms with E-state index in [1.165, 1.54) is 0 Å². The molecule has 3 rings (SSSR count). The van der Waals surface area contributed by atoms with Crippen molar-refractivity contribution in [1.29, 1.82) is 0 Å². The molecule has 0 saturated heterocycles. The Kier molecular flexibility index (Phi) is 3.48. The molecule has 0 bridgehead atoms. The van der Waals surface area contributed by atoms with Crippen molar-refractivity contribution in [2.45, 2.75) is 6.61 Å². The molecule has 102 valence electrons. The molecule has 20 heavy (non-hydrogen) atoms. The Bertz CT molecular complexity index is 740. The third-order valence-electron chi connectivity index (χ3n) is 2.91. The van der Waals surface area contributed by atoms with Crippen molar-refractivity contribution < 1.29 is 9.47 Å². The number of aromatic nitrogens is 2. The van der Waals surface area contributed by atoms with Crippen LogP contribution in [0, 0.1) is 0 Å². The van der Waals surface area contributed by atoms with Gasteiger partial charge in [0.25, 0.3) is 0 Å². The van der Waals surface area contributed by atoms with Gasteiger partial charge in [-0.1, -0.05) is 17.7 Å². The van der Waals surface area contributed by atoms with Gasteiger partial charge in [-0.2, -0.15) is 0 Å². The highest BCUT2D eigenvalue weighted by molar-refractivity contribution is 6.31. The smallest absolute Gasteiger partial charge is 0.146 e. The number of fused-ring (bicyclic) bond motifs is 1. The largest absolute Gasteiger partial charge is 0.497 e. The first kappa shape index (κ1) is 12.8. The predicted molar refractivity (Wildman–Crippen MR) is 78.4 cm³/mol. The van der Waals surface area contributed by atoms with Crippen LogP contribution in [0.25, 0.3) is 11.0 Å². The molecule has 1 N–H and O–H groups in total. The summed E-state index contributed by atoms with van der Waals surface area (Å²) in [5.41, 5.74) is 1.78. The van der Waals surface area contributed by atoms with Gasteiger partial charge in [-0.3, -0.25) is 0 Å². The molecule has 4 nitrogen and oxygen atoms in total. The maximum atomic E-state index is 5.94. The molecule has 0 spiro atoms. The fourth-order valence-corrected chi connectivity index (χ4v) is 2.12. The van der Waals surface area contributed by atoms with Gasteiger partial charge in [0.05, 0.1) is 18.1 Å². The van der Waals surface area contributed by atoms with E-state index < -0.39 is 0 Å². The van der Waals surface area contributed by atoms with Gasteiger partial charge < -0.3 is 14.5 Å². The van der Waals surface area contributed by atoms with Crippen LogP contribution < -0.4 is 9.47 Å². The third kappa shape index (κ3) is 2.70. The fraction of sp³-hybridized carbons (Fsp3) is 0.133. The number of benzene rings is 2. The fourth-order valence-electron chi connectivity index (χ4n) is 1.95. The van der Waals surface area contributed by atoms with Gasteiger partial charge in [-0.05, 0) is 30.3 Å². The molecule has 0 saturated carbocycles. The highest BCUT2D eigenvalue weighted by atomic mass is 35.5. The number of rotatable bonds is 4. The molecule has 0 atom stereocenters. The van der Waals surface area contributed by atoms with Gasteiger partial charge in [0.1, 0.15) is 23.9 Å². The number of hydrogen-bond acceptors (Lipinski definition) is 3. The standard InChI is InChI=1S/C15H13ClN2O2/c1-19-11-3-2-4-12(8-11)20-9-15-17-13-6-5-10(16)7-14(13)18-15/h2-8H,9H2,1H3,(H,17,18). The van der Waals surface area contributed by atoms with Gasteiger partial charge in [0.2, 0.25) is 0 Å². The topological polar surface area (TPSA) is 47.1 Å². The molecule has 0 radical (unpaired) electrons. The van der Waals surface area contributed by atoms with Crippen molar-refractivity contribution in [3.63, 3.8) is 0 Å². The van der Waals surface area contributed by atoms with Crippen LogP contribution in [-0.4, -0.2) is 17.1 Å². The highest BCUT2D eigenvalue weighted by Crippen LogP contribution is 2.21. The lowest BCUT2D eigenvalue weighted by Crippen LogP contribution is -1.97. The first-order chi connectivity index (χ1) is 9.74. The van der Waals surface area contributed by atoms with Crippen LogP contribution in [0.3, 0.4) is 0 Å². The maximum Gasteiger partial charge on any atom is 0.146 e. The predicted octanol–water partition coefficient (Wildman–Crippen LogP) is 3.80. The molecule has 0 fully saturated rings. The van der Waals surface area contributed by atoms with Crippen molar-refractivity contribution in [3.8, 4) is 11.5 Å². The second kappa shape index (κ2) is 5.43. The first-order valence-corrected chi connectivity index (χ1v) is 6.53. The summed E-state index contributed by atoms with van der Waals surface area (Å²) in [4.78, 5) is 7.62. The number of nitrogens with one attached hydrogen (secondary N) is 1. The summed E-state index contributed by atoms with van der Waals surface area (Å²) in [6, 6.07) is 13.0.